The topological polar surface area (TPSA) is 48.1 Å². The van der Waals surface area contributed by atoms with Crippen molar-refractivity contribution >= 4 is 6.08 Å². The van der Waals surface area contributed by atoms with E-state index in [9.17, 15) is 10.1 Å². The van der Waals surface area contributed by atoms with Crippen molar-refractivity contribution in [3.8, 4) is 0 Å². The lowest BCUT2D eigenvalue weighted by Gasteiger charge is -2.00. The SMILES string of the molecule is CCn1cccc1/C=C(/C)[N+](=O)[O-]. The summed E-state index contributed by atoms with van der Waals surface area (Å²) in [6, 6.07) is 3.74. The summed E-state index contributed by atoms with van der Waals surface area (Å²) in [6.07, 6.45) is 3.47. The van der Waals surface area contributed by atoms with Gasteiger partial charge in [0.05, 0.1) is 4.92 Å². The first kappa shape index (κ1) is 9.51. The van der Waals surface area contributed by atoms with Gasteiger partial charge in [-0.2, -0.15) is 0 Å². The Balaban J connectivity index is 2.96. The maximum absolute atomic E-state index is 10.4. The zero-order valence-corrected chi connectivity index (χ0v) is 7.73. The number of allylic oxidation sites excluding steroid dienone is 1. The van der Waals surface area contributed by atoms with E-state index >= 15 is 0 Å². The van der Waals surface area contributed by atoms with Crippen molar-refractivity contribution in [3.05, 3.63) is 39.8 Å². The van der Waals surface area contributed by atoms with Crippen LogP contribution in [0.3, 0.4) is 0 Å². The van der Waals surface area contributed by atoms with Gasteiger partial charge < -0.3 is 4.57 Å². The van der Waals surface area contributed by atoms with E-state index in [0.29, 0.717) is 0 Å². The number of aryl methyl sites for hydroxylation is 1. The molecule has 1 rings (SSSR count). The first-order valence-electron chi connectivity index (χ1n) is 4.13. The fraction of sp³-hybridized carbons (Fsp3) is 0.333. The molecule has 0 spiro atoms. The highest BCUT2D eigenvalue weighted by Gasteiger charge is 2.03. The van der Waals surface area contributed by atoms with Gasteiger partial charge >= 0.3 is 0 Å². The molecule has 0 N–H and O–H groups in total. The van der Waals surface area contributed by atoms with Crippen LogP contribution in [-0.2, 0) is 6.54 Å². The molecule has 0 atom stereocenters. The minimum atomic E-state index is -0.382. The summed E-state index contributed by atoms with van der Waals surface area (Å²) in [5.41, 5.74) is 1.03. The van der Waals surface area contributed by atoms with Crippen molar-refractivity contribution in [2.45, 2.75) is 20.4 Å². The summed E-state index contributed by atoms with van der Waals surface area (Å²) >= 11 is 0. The van der Waals surface area contributed by atoms with E-state index in [1.165, 1.54) is 6.92 Å². The summed E-state index contributed by atoms with van der Waals surface area (Å²) in [5.74, 6) is 0. The first-order chi connectivity index (χ1) is 6.15. The molecule has 1 aromatic rings. The monoisotopic (exact) mass is 180 g/mol. The third kappa shape index (κ3) is 2.18. The molecule has 0 unspecified atom stereocenters. The van der Waals surface area contributed by atoms with Crippen molar-refractivity contribution in [2.24, 2.45) is 0 Å². The minimum absolute atomic E-state index is 0.161. The van der Waals surface area contributed by atoms with Gasteiger partial charge in [0.25, 0.3) is 0 Å². The largest absolute Gasteiger partial charge is 0.348 e. The van der Waals surface area contributed by atoms with E-state index in [1.807, 2.05) is 29.8 Å². The van der Waals surface area contributed by atoms with Crippen molar-refractivity contribution in [3.63, 3.8) is 0 Å². The van der Waals surface area contributed by atoms with E-state index < -0.39 is 0 Å². The zero-order chi connectivity index (χ0) is 9.84. The molecule has 4 nitrogen and oxygen atoms in total. The van der Waals surface area contributed by atoms with Crippen molar-refractivity contribution in [1.82, 2.24) is 4.57 Å². The van der Waals surface area contributed by atoms with Gasteiger partial charge in [-0.3, -0.25) is 10.1 Å². The lowest BCUT2D eigenvalue weighted by Crippen LogP contribution is -1.97. The lowest BCUT2D eigenvalue weighted by atomic mass is 10.3. The second-order valence-electron chi connectivity index (χ2n) is 2.76. The zero-order valence-electron chi connectivity index (χ0n) is 7.73. The molecule has 0 aliphatic rings. The van der Waals surface area contributed by atoms with Crippen LogP contribution in [0.5, 0.6) is 0 Å². The molecule has 0 amide bonds. The van der Waals surface area contributed by atoms with Crippen LogP contribution in [0.2, 0.25) is 0 Å². The normalized spacial score (nSPS) is 11.7. The first-order valence-corrected chi connectivity index (χ1v) is 4.13. The molecular weight excluding hydrogens is 168 g/mol. The van der Waals surface area contributed by atoms with Crippen LogP contribution < -0.4 is 0 Å². The molecule has 0 radical (unpaired) electrons. The van der Waals surface area contributed by atoms with Crippen molar-refractivity contribution < 1.29 is 4.92 Å². The molecular formula is C9H12N2O2. The van der Waals surface area contributed by atoms with E-state index in [1.54, 1.807) is 6.08 Å². The Bertz CT molecular complexity index is 339. The lowest BCUT2D eigenvalue weighted by molar-refractivity contribution is -0.422. The number of nitrogens with zero attached hydrogens (tertiary/aromatic N) is 2. The number of aromatic nitrogens is 1. The molecule has 0 bridgehead atoms. The van der Waals surface area contributed by atoms with Gasteiger partial charge in [0.15, 0.2) is 0 Å². The van der Waals surface area contributed by atoms with Crippen LogP contribution in [0.1, 0.15) is 19.5 Å². The van der Waals surface area contributed by atoms with Gasteiger partial charge in [0, 0.05) is 31.4 Å². The van der Waals surface area contributed by atoms with Gasteiger partial charge in [0.1, 0.15) is 0 Å². The molecule has 0 aromatic carbocycles. The maximum atomic E-state index is 10.4. The Morgan fingerprint density at radius 1 is 1.77 bits per heavy atom. The highest BCUT2D eigenvalue weighted by atomic mass is 16.6. The molecule has 1 aromatic heterocycles. The standard InChI is InChI=1S/C9H12N2O2/c1-3-10-6-4-5-9(10)7-8(2)11(12)13/h4-7H,3H2,1-2H3/b8-7-. The van der Waals surface area contributed by atoms with Crippen LogP contribution in [0.25, 0.3) is 6.08 Å². The Hall–Kier alpha value is -1.58. The molecule has 1 heterocycles. The Morgan fingerprint density at radius 3 is 3.00 bits per heavy atom. The van der Waals surface area contributed by atoms with Gasteiger partial charge in [-0.15, -0.1) is 0 Å². The number of nitro groups is 1. The molecule has 4 heteroatoms. The second-order valence-corrected chi connectivity index (χ2v) is 2.76. The summed E-state index contributed by atoms with van der Waals surface area (Å²) in [5, 5.41) is 10.4. The quantitative estimate of drug-likeness (QED) is 0.528. The second kappa shape index (κ2) is 3.89. The molecule has 0 fully saturated rings. The van der Waals surface area contributed by atoms with Gasteiger partial charge in [-0.1, -0.05) is 0 Å². The van der Waals surface area contributed by atoms with E-state index in [0.717, 1.165) is 12.2 Å². The molecule has 70 valence electrons. The fourth-order valence-electron chi connectivity index (χ4n) is 1.11. The van der Waals surface area contributed by atoms with Crippen LogP contribution in [0, 0.1) is 10.1 Å². The van der Waals surface area contributed by atoms with Crippen LogP contribution in [-0.4, -0.2) is 9.49 Å². The van der Waals surface area contributed by atoms with Gasteiger partial charge in [0.2, 0.25) is 5.70 Å². The van der Waals surface area contributed by atoms with E-state index in [-0.39, 0.29) is 10.6 Å². The number of hydrogen-bond acceptors (Lipinski definition) is 2. The predicted octanol–water partition coefficient (Wildman–Crippen LogP) is 2.15. The molecule has 0 saturated carbocycles. The summed E-state index contributed by atoms with van der Waals surface area (Å²) in [6.45, 7) is 4.32. The fourth-order valence-corrected chi connectivity index (χ4v) is 1.11. The van der Waals surface area contributed by atoms with Crippen LogP contribution in [0.4, 0.5) is 0 Å². The maximum Gasteiger partial charge on any atom is 0.245 e. The van der Waals surface area contributed by atoms with Crippen molar-refractivity contribution in [2.75, 3.05) is 0 Å². The summed E-state index contributed by atoms with van der Waals surface area (Å²) < 4.78 is 1.95. The van der Waals surface area contributed by atoms with Crippen molar-refractivity contribution in [1.29, 1.82) is 0 Å². The van der Waals surface area contributed by atoms with Gasteiger partial charge in [-0.05, 0) is 19.1 Å². The van der Waals surface area contributed by atoms with Crippen LogP contribution >= 0.6 is 0 Å². The third-order valence-corrected chi connectivity index (χ3v) is 1.85. The Morgan fingerprint density at radius 2 is 2.46 bits per heavy atom. The summed E-state index contributed by atoms with van der Waals surface area (Å²) in [7, 11) is 0. The average Bonchev–Trinajstić information content (AvgIpc) is 2.51. The predicted molar refractivity (Wildman–Crippen MR) is 50.8 cm³/mol. The minimum Gasteiger partial charge on any atom is -0.348 e. The molecule has 0 aliphatic heterocycles. The number of hydrogen-bond donors (Lipinski definition) is 0. The van der Waals surface area contributed by atoms with E-state index in [4.69, 9.17) is 0 Å². The highest BCUT2D eigenvalue weighted by molar-refractivity contribution is 5.47. The molecule has 13 heavy (non-hydrogen) atoms. The third-order valence-electron chi connectivity index (χ3n) is 1.85. The smallest absolute Gasteiger partial charge is 0.245 e. The molecule has 0 saturated heterocycles. The summed E-state index contributed by atoms with van der Waals surface area (Å²) in [4.78, 5) is 9.97. The van der Waals surface area contributed by atoms with Crippen LogP contribution in [0.15, 0.2) is 24.0 Å². The van der Waals surface area contributed by atoms with E-state index in [2.05, 4.69) is 0 Å². The number of rotatable bonds is 3. The highest BCUT2D eigenvalue weighted by Crippen LogP contribution is 2.08. The molecule has 0 aliphatic carbocycles. The Kier molecular flexibility index (Phi) is 2.84. The Labute approximate surface area is 76.6 Å². The van der Waals surface area contributed by atoms with Gasteiger partial charge in [-0.25, -0.2) is 0 Å². The average molecular weight is 180 g/mol.